The third kappa shape index (κ3) is 4.48. The molecular weight excluding hydrogens is 493 g/mol. The fraction of sp³-hybridized carbons (Fsp3) is 0.261. The topological polar surface area (TPSA) is 98.1 Å². The van der Waals surface area contributed by atoms with Crippen molar-refractivity contribution in [3.63, 3.8) is 0 Å². The smallest absolute Gasteiger partial charge is 0.257 e. The standard InChI is InChI=1S/C23H15B8N7O2/c1-11-33-10-16(37(11)2)12-3-4-15-14(7-12)8-17(36-35-15)34-19(39)13-5-6-32-18(9-13)38-20(24,25)22(28,29)40-23(30,31)21(38,26)27/h3-10H,1-2H3,(H,34,36,39). The highest BCUT2D eigenvalue weighted by atomic mass is 16.5. The molecule has 1 aliphatic heterocycles. The van der Waals surface area contributed by atoms with Crippen molar-refractivity contribution in [1.29, 1.82) is 0 Å². The molecule has 17 heteroatoms. The summed E-state index contributed by atoms with van der Waals surface area (Å²) in [5, 5.41) is 2.58. The van der Waals surface area contributed by atoms with Gasteiger partial charge in [-0.25, -0.2) is 9.97 Å². The van der Waals surface area contributed by atoms with E-state index in [1.807, 2.05) is 36.7 Å². The Balaban J connectivity index is 1.46. The fourth-order valence-electron chi connectivity index (χ4n) is 4.38. The van der Waals surface area contributed by atoms with E-state index in [-0.39, 0.29) is 17.2 Å². The monoisotopic (exact) mass is 509 g/mol. The lowest BCUT2D eigenvalue weighted by Gasteiger charge is -2.70. The number of ether oxygens (including phenoxy) is 1. The van der Waals surface area contributed by atoms with Crippen LogP contribution in [0.3, 0.4) is 0 Å². The number of hydrogen-bond donors (Lipinski definition) is 1. The second kappa shape index (κ2) is 9.36. The summed E-state index contributed by atoms with van der Waals surface area (Å²) in [6.45, 7) is 1.92. The lowest BCUT2D eigenvalue weighted by atomic mass is 9.30. The molecule has 1 N–H and O–H groups in total. The number of carbonyl (C=O) groups is 1. The first-order valence-corrected chi connectivity index (χ1v) is 11.9. The molecule has 0 bridgehead atoms. The number of aryl methyl sites for hydroxylation is 1. The average molecular weight is 508 g/mol. The number of anilines is 2. The molecule has 1 fully saturated rings. The molecule has 0 unspecified atom stereocenters. The summed E-state index contributed by atoms with van der Waals surface area (Å²) in [5.41, 5.74) is 2.60. The Bertz CT molecular complexity index is 1620. The van der Waals surface area contributed by atoms with Gasteiger partial charge < -0.3 is 19.5 Å². The summed E-state index contributed by atoms with van der Waals surface area (Å²) in [7, 11) is 50.5. The quantitative estimate of drug-likeness (QED) is 0.346. The van der Waals surface area contributed by atoms with E-state index in [4.69, 9.17) is 67.5 Å². The number of nitrogens with one attached hydrogen (secondary N) is 1. The van der Waals surface area contributed by atoms with Crippen molar-refractivity contribution < 1.29 is 9.53 Å². The normalized spacial score (nSPS) is 18.8. The van der Waals surface area contributed by atoms with Crippen molar-refractivity contribution in [2.45, 2.75) is 28.4 Å². The zero-order chi connectivity index (χ0) is 29.3. The van der Waals surface area contributed by atoms with Crippen LogP contribution in [0, 0.1) is 6.92 Å². The van der Waals surface area contributed by atoms with Gasteiger partial charge in [-0.2, -0.15) is 0 Å². The van der Waals surface area contributed by atoms with Crippen LogP contribution in [0.1, 0.15) is 16.2 Å². The van der Waals surface area contributed by atoms with Gasteiger partial charge in [-0.1, -0.05) is 6.07 Å². The summed E-state index contributed by atoms with van der Waals surface area (Å²) >= 11 is 0. The second-order valence-corrected chi connectivity index (χ2v) is 9.78. The highest BCUT2D eigenvalue weighted by molar-refractivity contribution is 6.61. The Hall–Kier alpha value is -3.33. The minimum Gasteiger partial charge on any atom is -0.405 e. The van der Waals surface area contributed by atoms with E-state index in [1.54, 1.807) is 12.3 Å². The van der Waals surface area contributed by atoms with E-state index in [0.717, 1.165) is 27.4 Å². The summed E-state index contributed by atoms with van der Waals surface area (Å²) in [4.78, 5) is 22.6. The number of amides is 1. The van der Waals surface area contributed by atoms with Crippen LogP contribution in [0.4, 0.5) is 11.6 Å². The summed E-state index contributed by atoms with van der Waals surface area (Å²) < 4.78 is 7.20. The average Bonchev–Trinajstić information content (AvgIpc) is 3.20. The lowest BCUT2D eigenvalue weighted by Crippen LogP contribution is -2.86. The number of imidazole rings is 1. The van der Waals surface area contributed by atoms with Gasteiger partial charge in [0.05, 0.1) is 48.8 Å². The van der Waals surface area contributed by atoms with E-state index in [1.165, 1.54) is 18.3 Å². The largest absolute Gasteiger partial charge is 0.405 e. The third-order valence-electron chi connectivity index (χ3n) is 6.91. The molecule has 5 rings (SSSR count). The first-order valence-electron chi connectivity index (χ1n) is 11.9. The summed E-state index contributed by atoms with van der Waals surface area (Å²) in [6.07, 6.45) is 3.08. The van der Waals surface area contributed by atoms with Gasteiger partial charge in [0.2, 0.25) is 0 Å². The van der Waals surface area contributed by atoms with Crippen LogP contribution in [-0.4, -0.2) is 115 Å². The number of rotatable bonds is 4. The van der Waals surface area contributed by atoms with Gasteiger partial charge in [0, 0.05) is 29.8 Å². The molecule has 1 saturated heterocycles. The minimum atomic E-state index is -2.33. The molecule has 4 aromatic rings. The SMILES string of the molecule is [B]C1([B])OC([B])([B])C([B])([B])N(c2cc(C(=O)Nc3cc4cc(-c5cnc(C)n5C)ccc4nn3)ccn2)C1([B])[B]. The van der Waals surface area contributed by atoms with Crippen molar-refractivity contribution in [3.05, 3.63) is 60.2 Å². The van der Waals surface area contributed by atoms with E-state index in [2.05, 4.69) is 25.5 Å². The highest BCUT2D eigenvalue weighted by Gasteiger charge is 2.57. The Morgan fingerprint density at radius 1 is 0.900 bits per heavy atom. The minimum absolute atomic E-state index is 0.100. The molecule has 40 heavy (non-hydrogen) atoms. The van der Waals surface area contributed by atoms with Crippen LogP contribution in [0.15, 0.2) is 48.8 Å². The maximum Gasteiger partial charge on any atom is 0.257 e. The molecule has 178 valence electrons. The molecule has 4 heterocycles. The van der Waals surface area contributed by atoms with Crippen molar-refractivity contribution in [3.8, 4) is 11.3 Å². The predicted molar refractivity (Wildman–Crippen MR) is 159 cm³/mol. The Kier molecular flexibility index (Phi) is 6.60. The molecule has 0 aliphatic carbocycles. The zero-order valence-electron chi connectivity index (χ0n) is 21.7. The Morgan fingerprint density at radius 3 is 2.20 bits per heavy atom. The summed E-state index contributed by atoms with van der Waals surface area (Å²) in [6, 6.07) is 10.1. The maximum atomic E-state index is 13.2. The van der Waals surface area contributed by atoms with E-state index < -0.39 is 27.4 Å². The Labute approximate surface area is 242 Å². The molecule has 1 aliphatic rings. The lowest BCUT2D eigenvalue weighted by molar-refractivity contribution is -0.0256. The molecule has 9 nitrogen and oxygen atoms in total. The van der Waals surface area contributed by atoms with Crippen LogP contribution in [0.25, 0.3) is 22.2 Å². The predicted octanol–water partition coefficient (Wildman–Crippen LogP) is -1.21. The molecule has 0 spiro atoms. The number of hydrogen-bond acceptors (Lipinski definition) is 7. The van der Waals surface area contributed by atoms with Gasteiger partial charge >= 0.3 is 0 Å². The zero-order valence-corrected chi connectivity index (χ0v) is 21.7. The molecule has 0 atom stereocenters. The number of aromatic nitrogens is 5. The Morgan fingerprint density at radius 2 is 1.57 bits per heavy atom. The van der Waals surface area contributed by atoms with Gasteiger partial charge in [0.15, 0.2) is 5.82 Å². The molecule has 1 amide bonds. The molecular formula is C23H15B8N7O2. The molecule has 16 radical (unpaired) electrons. The van der Waals surface area contributed by atoms with Crippen molar-refractivity contribution in [1.82, 2.24) is 24.7 Å². The summed E-state index contributed by atoms with van der Waals surface area (Å²) in [5.74, 6) is 0.402. The van der Waals surface area contributed by atoms with Gasteiger partial charge in [0.25, 0.3) is 5.91 Å². The van der Waals surface area contributed by atoms with Crippen LogP contribution >= 0.6 is 0 Å². The molecule has 3 aromatic heterocycles. The third-order valence-corrected chi connectivity index (χ3v) is 6.91. The van der Waals surface area contributed by atoms with Crippen LogP contribution in [0.5, 0.6) is 0 Å². The van der Waals surface area contributed by atoms with Crippen LogP contribution < -0.4 is 10.2 Å². The van der Waals surface area contributed by atoms with Gasteiger partial charge in [-0.05, 0) is 58.7 Å². The van der Waals surface area contributed by atoms with E-state index in [0.29, 0.717) is 5.52 Å². The number of morpholine rings is 1. The van der Waals surface area contributed by atoms with E-state index >= 15 is 0 Å². The van der Waals surface area contributed by atoms with Gasteiger partial charge in [0.1, 0.15) is 43.0 Å². The highest BCUT2D eigenvalue weighted by Crippen LogP contribution is 2.42. The van der Waals surface area contributed by atoms with E-state index in [9.17, 15) is 4.79 Å². The maximum absolute atomic E-state index is 13.2. The molecule has 1 aromatic carbocycles. The number of fused-ring (bicyclic) bond motifs is 1. The first kappa shape index (κ1) is 28.2. The van der Waals surface area contributed by atoms with Crippen molar-refractivity contribution in [2.75, 3.05) is 10.2 Å². The first-order chi connectivity index (χ1) is 18.5. The number of nitrogens with zero attached hydrogens (tertiary/aromatic N) is 6. The number of carbonyl (C=O) groups excluding carboxylic acids is 1. The van der Waals surface area contributed by atoms with Gasteiger partial charge in [-0.3, -0.25) is 4.79 Å². The second-order valence-electron chi connectivity index (χ2n) is 9.78. The number of benzene rings is 1. The van der Waals surface area contributed by atoms with Crippen LogP contribution in [-0.2, 0) is 11.8 Å². The van der Waals surface area contributed by atoms with Crippen molar-refractivity contribution in [2.24, 2.45) is 7.05 Å². The van der Waals surface area contributed by atoms with Gasteiger partial charge in [-0.15, -0.1) is 10.2 Å². The van der Waals surface area contributed by atoms with Crippen LogP contribution in [0.2, 0.25) is 0 Å². The number of pyridine rings is 1. The molecule has 0 saturated carbocycles. The van der Waals surface area contributed by atoms with Crippen molar-refractivity contribution >= 4 is 91.2 Å². The fourth-order valence-corrected chi connectivity index (χ4v) is 4.38.